The minimum absolute atomic E-state index is 0.161. The fourth-order valence-corrected chi connectivity index (χ4v) is 3.20. The monoisotopic (exact) mass is 370 g/mol. The highest BCUT2D eigenvalue weighted by Crippen LogP contribution is 2.28. The molecule has 0 bridgehead atoms. The number of nitrogens with zero attached hydrogens (tertiary/aromatic N) is 2. The highest BCUT2D eigenvalue weighted by atomic mass is 14.7. The van der Waals surface area contributed by atoms with Gasteiger partial charge < -0.3 is 0 Å². The van der Waals surface area contributed by atoms with E-state index in [0.29, 0.717) is 0 Å². The molecule has 0 aliphatic carbocycles. The summed E-state index contributed by atoms with van der Waals surface area (Å²) in [5.41, 5.74) is 4.01. The molecule has 144 valence electrons. The first kappa shape index (κ1) is 20.0. The molecular formula is C26H30N2. The molecule has 0 fully saturated rings. The van der Waals surface area contributed by atoms with Gasteiger partial charge in [0.25, 0.3) is 0 Å². The Labute approximate surface area is 168 Å². The van der Waals surface area contributed by atoms with Crippen LogP contribution in [0.4, 0.5) is 0 Å². The Balaban J connectivity index is 0.000000161. The van der Waals surface area contributed by atoms with Crippen molar-refractivity contribution in [3.8, 4) is 0 Å². The van der Waals surface area contributed by atoms with Gasteiger partial charge >= 0.3 is 0 Å². The molecule has 2 aromatic heterocycles. The molecule has 0 saturated carbocycles. The van der Waals surface area contributed by atoms with E-state index in [1.165, 1.54) is 27.3 Å². The summed E-state index contributed by atoms with van der Waals surface area (Å²) in [6.07, 6.45) is 5.87. The lowest BCUT2D eigenvalue weighted by Gasteiger charge is -2.20. The molecule has 0 aliphatic rings. The van der Waals surface area contributed by atoms with Gasteiger partial charge in [0.05, 0.1) is 5.52 Å². The Morgan fingerprint density at radius 3 is 1.96 bits per heavy atom. The predicted octanol–water partition coefficient (Wildman–Crippen LogP) is 7.06. The number of benzene rings is 2. The largest absolute Gasteiger partial charge is 0.264 e. The second-order valence-corrected chi connectivity index (χ2v) is 9.32. The summed E-state index contributed by atoms with van der Waals surface area (Å²) in [4.78, 5) is 8.73. The van der Waals surface area contributed by atoms with Crippen LogP contribution < -0.4 is 0 Å². The van der Waals surface area contributed by atoms with Gasteiger partial charge in [-0.15, -0.1) is 0 Å². The first-order valence-corrected chi connectivity index (χ1v) is 9.85. The molecule has 4 rings (SSSR count). The van der Waals surface area contributed by atoms with Crippen LogP contribution in [0.1, 0.15) is 52.7 Å². The number of hydrogen-bond acceptors (Lipinski definition) is 2. The topological polar surface area (TPSA) is 25.8 Å². The molecule has 4 aromatic rings. The summed E-state index contributed by atoms with van der Waals surface area (Å²) in [5.74, 6) is 0. The SMILES string of the molecule is CC(C)(C)c1cnc2ccccc2c1.CC(C)(C)c1cncc2ccccc12. The Hall–Kier alpha value is -2.74. The fourth-order valence-electron chi connectivity index (χ4n) is 3.20. The van der Waals surface area contributed by atoms with Crippen molar-refractivity contribution in [2.24, 2.45) is 0 Å². The van der Waals surface area contributed by atoms with Crippen LogP contribution >= 0.6 is 0 Å². The Bertz CT molecular complexity index is 1070. The first-order chi connectivity index (χ1) is 13.2. The molecule has 0 radical (unpaired) electrons. The first-order valence-electron chi connectivity index (χ1n) is 9.85. The van der Waals surface area contributed by atoms with Crippen molar-refractivity contribution in [3.63, 3.8) is 0 Å². The minimum atomic E-state index is 0.161. The van der Waals surface area contributed by atoms with Crippen LogP contribution in [0.5, 0.6) is 0 Å². The van der Waals surface area contributed by atoms with Crippen LogP contribution in [0.2, 0.25) is 0 Å². The van der Waals surface area contributed by atoms with Crippen LogP contribution in [0.3, 0.4) is 0 Å². The molecule has 0 amide bonds. The second kappa shape index (κ2) is 7.71. The van der Waals surface area contributed by atoms with Crippen LogP contribution in [0.15, 0.2) is 73.2 Å². The molecule has 0 spiro atoms. The maximum absolute atomic E-state index is 4.45. The van der Waals surface area contributed by atoms with Gasteiger partial charge in [0.1, 0.15) is 0 Å². The molecule has 0 aliphatic heterocycles. The molecule has 0 unspecified atom stereocenters. The zero-order valence-electron chi connectivity index (χ0n) is 17.8. The third-order valence-corrected chi connectivity index (χ3v) is 4.93. The van der Waals surface area contributed by atoms with Gasteiger partial charge in [-0.3, -0.25) is 9.97 Å². The summed E-state index contributed by atoms with van der Waals surface area (Å²) in [6, 6.07) is 18.9. The number of para-hydroxylation sites is 1. The predicted molar refractivity (Wildman–Crippen MR) is 121 cm³/mol. The zero-order valence-corrected chi connectivity index (χ0v) is 17.8. The molecule has 0 N–H and O–H groups in total. The zero-order chi connectivity index (χ0) is 20.4. The smallest absolute Gasteiger partial charge is 0.0702 e. The number of aromatic nitrogens is 2. The van der Waals surface area contributed by atoms with E-state index in [9.17, 15) is 0 Å². The van der Waals surface area contributed by atoms with Crippen molar-refractivity contribution in [3.05, 3.63) is 84.3 Å². The molecule has 2 nitrogen and oxygen atoms in total. The van der Waals surface area contributed by atoms with Gasteiger partial charge in [-0.25, -0.2) is 0 Å². The van der Waals surface area contributed by atoms with E-state index in [1.807, 2.05) is 30.7 Å². The molecule has 0 atom stereocenters. The van der Waals surface area contributed by atoms with Crippen LogP contribution in [0.25, 0.3) is 21.7 Å². The lowest BCUT2D eigenvalue weighted by molar-refractivity contribution is 0.588. The number of hydrogen-bond donors (Lipinski definition) is 0. The minimum Gasteiger partial charge on any atom is -0.264 e. The Morgan fingerprint density at radius 1 is 0.643 bits per heavy atom. The van der Waals surface area contributed by atoms with Gasteiger partial charge in [-0.1, -0.05) is 84.0 Å². The molecule has 2 heterocycles. The maximum atomic E-state index is 4.45. The lowest BCUT2D eigenvalue weighted by atomic mass is 9.85. The van der Waals surface area contributed by atoms with Crippen LogP contribution in [-0.4, -0.2) is 9.97 Å². The molecular weight excluding hydrogens is 340 g/mol. The normalized spacial score (nSPS) is 11.9. The lowest BCUT2D eigenvalue weighted by Crippen LogP contribution is -2.11. The van der Waals surface area contributed by atoms with E-state index in [2.05, 4.69) is 94.0 Å². The summed E-state index contributed by atoms with van der Waals surface area (Å²) in [7, 11) is 0. The average Bonchev–Trinajstić information content (AvgIpc) is 2.66. The summed E-state index contributed by atoms with van der Waals surface area (Å²) < 4.78 is 0. The molecule has 2 aromatic carbocycles. The molecule has 0 saturated heterocycles. The highest BCUT2D eigenvalue weighted by Gasteiger charge is 2.16. The Kier molecular flexibility index (Phi) is 5.51. The van der Waals surface area contributed by atoms with E-state index in [0.717, 1.165) is 5.52 Å². The number of pyridine rings is 2. The van der Waals surface area contributed by atoms with Crippen LogP contribution in [0, 0.1) is 0 Å². The Morgan fingerprint density at radius 2 is 1.29 bits per heavy atom. The maximum Gasteiger partial charge on any atom is 0.0702 e. The average molecular weight is 371 g/mol. The van der Waals surface area contributed by atoms with Gasteiger partial charge in [-0.2, -0.15) is 0 Å². The van der Waals surface area contributed by atoms with E-state index < -0.39 is 0 Å². The highest BCUT2D eigenvalue weighted by molar-refractivity contribution is 5.85. The van der Waals surface area contributed by atoms with Crippen LogP contribution in [-0.2, 0) is 10.8 Å². The van der Waals surface area contributed by atoms with Crippen molar-refractivity contribution in [1.82, 2.24) is 9.97 Å². The summed E-state index contributed by atoms with van der Waals surface area (Å²) >= 11 is 0. The number of fused-ring (bicyclic) bond motifs is 2. The quantitative estimate of drug-likeness (QED) is 0.331. The third-order valence-electron chi connectivity index (χ3n) is 4.93. The van der Waals surface area contributed by atoms with Crippen molar-refractivity contribution in [2.45, 2.75) is 52.4 Å². The molecule has 2 heteroatoms. The van der Waals surface area contributed by atoms with E-state index in [1.54, 1.807) is 0 Å². The van der Waals surface area contributed by atoms with Gasteiger partial charge in [0.15, 0.2) is 0 Å². The van der Waals surface area contributed by atoms with E-state index >= 15 is 0 Å². The van der Waals surface area contributed by atoms with E-state index in [-0.39, 0.29) is 10.8 Å². The van der Waals surface area contributed by atoms with Crippen molar-refractivity contribution in [1.29, 1.82) is 0 Å². The molecule has 28 heavy (non-hydrogen) atoms. The van der Waals surface area contributed by atoms with Gasteiger partial charge in [0, 0.05) is 29.4 Å². The van der Waals surface area contributed by atoms with Crippen molar-refractivity contribution in [2.75, 3.05) is 0 Å². The van der Waals surface area contributed by atoms with Crippen molar-refractivity contribution >= 4 is 21.7 Å². The van der Waals surface area contributed by atoms with Gasteiger partial charge in [0.2, 0.25) is 0 Å². The van der Waals surface area contributed by atoms with Crippen molar-refractivity contribution < 1.29 is 0 Å². The fraction of sp³-hybridized carbons (Fsp3) is 0.308. The third kappa shape index (κ3) is 4.56. The van der Waals surface area contributed by atoms with E-state index in [4.69, 9.17) is 0 Å². The second-order valence-electron chi connectivity index (χ2n) is 9.32. The standard InChI is InChI=1S/2C13H15N/c1-13(2,3)11-8-10-6-4-5-7-12(10)14-9-11;1-13(2,3)12-9-14-8-10-6-4-5-7-11(10)12/h2*4-9H,1-3H3. The summed E-state index contributed by atoms with van der Waals surface area (Å²) in [6.45, 7) is 13.3. The number of rotatable bonds is 0. The van der Waals surface area contributed by atoms with Gasteiger partial charge in [-0.05, 0) is 39.5 Å². The summed E-state index contributed by atoms with van der Waals surface area (Å²) in [5, 5.41) is 3.76.